The maximum absolute atomic E-state index is 11.9. The molecule has 3 N–H and O–H groups in total. The largest absolute Gasteiger partial charge is 0.480 e. The summed E-state index contributed by atoms with van der Waals surface area (Å²) in [5.41, 5.74) is 4.12. The molecule has 0 aromatic carbocycles. The van der Waals surface area contributed by atoms with Crippen molar-refractivity contribution in [3.8, 4) is 0 Å². The molecule has 0 amide bonds. The van der Waals surface area contributed by atoms with E-state index in [0.717, 1.165) is 0 Å². The van der Waals surface area contributed by atoms with Gasteiger partial charge in [0.2, 0.25) is 0 Å². The van der Waals surface area contributed by atoms with Gasteiger partial charge >= 0.3 is 12.1 Å². The van der Waals surface area contributed by atoms with Crippen molar-refractivity contribution >= 4 is 5.97 Å². The molecule has 1 aliphatic carbocycles. The second-order valence-corrected chi connectivity index (χ2v) is 4.11. The third-order valence-corrected chi connectivity index (χ3v) is 2.65. The molecule has 2 atom stereocenters. The number of carboxylic acids is 1. The molecule has 1 saturated carbocycles. The van der Waals surface area contributed by atoms with Crippen molar-refractivity contribution in [2.75, 3.05) is 6.61 Å². The van der Waals surface area contributed by atoms with E-state index in [0.29, 0.717) is 12.8 Å². The van der Waals surface area contributed by atoms with Crippen LogP contribution in [0.15, 0.2) is 0 Å². The van der Waals surface area contributed by atoms with Crippen molar-refractivity contribution < 1.29 is 27.8 Å². The first-order valence-electron chi connectivity index (χ1n) is 4.93. The van der Waals surface area contributed by atoms with Crippen LogP contribution in [0.25, 0.3) is 0 Å². The Morgan fingerprint density at radius 1 is 1.56 bits per heavy atom. The SMILES string of the molecule is NC1(C(=O)O)CCCC(OCC(F)(F)F)C1. The highest BCUT2D eigenvalue weighted by Crippen LogP contribution is 2.29. The van der Waals surface area contributed by atoms with Gasteiger partial charge in [-0.3, -0.25) is 4.79 Å². The minimum atomic E-state index is -4.39. The van der Waals surface area contributed by atoms with Crippen LogP contribution in [-0.4, -0.2) is 35.5 Å². The number of aliphatic carboxylic acids is 1. The van der Waals surface area contributed by atoms with E-state index in [2.05, 4.69) is 4.74 Å². The van der Waals surface area contributed by atoms with Gasteiger partial charge in [0.25, 0.3) is 0 Å². The summed E-state index contributed by atoms with van der Waals surface area (Å²) < 4.78 is 40.3. The number of halogens is 3. The smallest absolute Gasteiger partial charge is 0.411 e. The number of carbonyl (C=O) groups is 1. The van der Waals surface area contributed by atoms with Crippen LogP contribution in [0.4, 0.5) is 13.2 Å². The molecule has 1 aliphatic rings. The number of nitrogens with two attached hydrogens (primary N) is 1. The van der Waals surface area contributed by atoms with E-state index >= 15 is 0 Å². The van der Waals surface area contributed by atoms with Crippen molar-refractivity contribution in [3.63, 3.8) is 0 Å². The Kier molecular flexibility index (Phi) is 3.80. The molecule has 0 aliphatic heterocycles. The summed E-state index contributed by atoms with van der Waals surface area (Å²) in [7, 11) is 0. The number of hydrogen-bond donors (Lipinski definition) is 2. The molecule has 0 aromatic rings. The Morgan fingerprint density at radius 2 is 2.19 bits per heavy atom. The quantitative estimate of drug-likeness (QED) is 0.780. The Morgan fingerprint density at radius 3 is 2.69 bits per heavy atom. The van der Waals surface area contributed by atoms with Gasteiger partial charge in [-0.2, -0.15) is 13.2 Å². The van der Waals surface area contributed by atoms with Gasteiger partial charge in [-0.25, -0.2) is 0 Å². The summed E-state index contributed by atoms with van der Waals surface area (Å²) >= 11 is 0. The molecule has 0 heterocycles. The summed E-state index contributed by atoms with van der Waals surface area (Å²) in [6, 6.07) is 0. The van der Waals surface area contributed by atoms with Crippen LogP contribution in [0.3, 0.4) is 0 Å². The van der Waals surface area contributed by atoms with E-state index in [9.17, 15) is 18.0 Å². The van der Waals surface area contributed by atoms with E-state index in [-0.39, 0.29) is 12.8 Å². The molecule has 0 spiro atoms. The Balaban J connectivity index is 2.48. The first-order chi connectivity index (χ1) is 7.23. The lowest BCUT2D eigenvalue weighted by atomic mass is 9.81. The molecule has 0 aromatic heterocycles. The molecule has 1 rings (SSSR count). The van der Waals surface area contributed by atoms with Crippen LogP contribution < -0.4 is 5.73 Å². The van der Waals surface area contributed by atoms with E-state index < -0.39 is 30.4 Å². The monoisotopic (exact) mass is 241 g/mol. The summed E-state index contributed by atoms with van der Waals surface area (Å²) in [5, 5.41) is 8.84. The summed E-state index contributed by atoms with van der Waals surface area (Å²) in [4.78, 5) is 10.8. The number of rotatable bonds is 3. The molecule has 16 heavy (non-hydrogen) atoms. The lowest BCUT2D eigenvalue weighted by molar-refractivity contribution is -0.190. The van der Waals surface area contributed by atoms with Crippen LogP contribution in [0, 0.1) is 0 Å². The van der Waals surface area contributed by atoms with Crippen molar-refractivity contribution in [2.45, 2.75) is 43.5 Å². The van der Waals surface area contributed by atoms with Gasteiger partial charge in [-0.15, -0.1) is 0 Å². The van der Waals surface area contributed by atoms with E-state index in [1.54, 1.807) is 0 Å². The number of hydrogen-bond acceptors (Lipinski definition) is 3. The number of alkyl halides is 3. The van der Waals surface area contributed by atoms with Crippen LogP contribution >= 0.6 is 0 Å². The predicted octanol–water partition coefficient (Wildman–Crippen LogP) is 1.29. The minimum absolute atomic E-state index is 0.0710. The summed E-state index contributed by atoms with van der Waals surface area (Å²) in [5.74, 6) is -1.19. The lowest BCUT2D eigenvalue weighted by Crippen LogP contribution is -2.53. The van der Waals surface area contributed by atoms with Crippen molar-refractivity contribution in [2.24, 2.45) is 5.73 Å². The van der Waals surface area contributed by atoms with Crippen molar-refractivity contribution in [1.82, 2.24) is 0 Å². The minimum Gasteiger partial charge on any atom is -0.480 e. The molecule has 4 nitrogen and oxygen atoms in total. The normalized spacial score (nSPS) is 31.4. The van der Waals surface area contributed by atoms with E-state index in [1.807, 2.05) is 0 Å². The molecule has 0 bridgehead atoms. The Hall–Kier alpha value is -0.820. The molecule has 1 fully saturated rings. The van der Waals surface area contributed by atoms with E-state index in [4.69, 9.17) is 10.8 Å². The number of ether oxygens (including phenoxy) is 1. The standard InChI is InChI=1S/C9H14F3NO3/c10-9(11,12)5-16-6-2-1-3-8(13,4-6)7(14)15/h6H,1-5,13H2,(H,14,15). The summed E-state index contributed by atoms with van der Waals surface area (Å²) in [6.07, 6.45) is -4.03. The zero-order valence-electron chi connectivity index (χ0n) is 8.59. The fraction of sp³-hybridized carbons (Fsp3) is 0.889. The van der Waals surface area contributed by atoms with Crippen LogP contribution in [0.2, 0.25) is 0 Å². The zero-order valence-corrected chi connectivity index (χ0v) is 8.59. The fourth-order valence-corrected chi connectivity index (χ4v) is 1.80. The second kappa shape index (κ2) is 4.58. The van der Waals surface area contributed by atoms with Gasteiger partial charge in [-0.05, 0) is 19.3 Å². The molecular formula is C9H14F3NO3. The van der Waals surface area contributed by atoms with Crippen molar-refractivity contribution in [3.05, 3.63) is 0 Å². The highest BCUT2D eigenvalue weighted by molar-refractivity contribution is 5.78. The molecule has 2 unspecified atom stereocenters. The van der Waals surface area contributed by atoms with Crippen LogP contribution in [0.1, 0.15) is 25.7 Å². The Labute approximate surface area is 90.6 Å². The van der Waals surface area contributed by atoms with Crippen molar-refractivity contribution in [1.29, 1.82) is 0 Å². The predicted molar refractivity (Wildman–Crippen MR) is 48.8 cm³/mol. The van der Waals surface area contributed by atoms with Gasteiger partial charge in [0.05, 0.1) is 6.10 Å². The first kappa shape index (κ1) is 13.2. The van der Waals surface area contributed by atoms with Gasteiger partial charge in [0.15, 0.2) is 0 Å². The van der Waals surface area contributed by atoms with Gasteiger partial charge < -0.3 is 15.6 Å². The van der Waals surface area contributed by atoms with E-state index in [1.165, 1.54) is 0 Å². The van der Waals surface area contributed by atoms with Gasteiger partial charge in [0, 0.05) is 6.42 Å². The molecule has 0 radical (unpaired) electrons. The topological polar surface area (TPSA) is 72.6 Å². The number of carboxylic acid groups (broad SMARTS) is 1. The zero-order chi connectivity index (χ0) is 12.4. The molecule has 7 heteroatoms. The molecular weight excluding hydrogens is 227 g/mol. The third-order valence-electron chi connectivity index (χ3n) is 2.65. The fourth-order valence-electron chi connectivity index (χ4n) is 1.80. The molecule has 94 valence electrons. The Bertz CT molecular complexity index is 269. The maximum Gasteiger partial charge on any atom is 0.411 e. The highest BCUT2D eigenvalue weighted by atomic mass is 19.4. The first-order valence-corrected chi connectivity index (χ1v) is 4.93. The van der Waals surface area contributed by atoms with Gasteiger partial charge in [0.1, 0.15) is 12.1 Å². The maximum atomic E-state index is 11.9. The second-order valence-electron chi connectivity index (χ2n) is 4.11. The van der Waals surface area contributed by atoms with Crippen LogP contribution in [0.5, 0.6) is 0 Å². The van der Waals surface area contributed by atoms with Crippen LogP contribution in [-0.2, 0) is 9.53 Å². The third kappa shape index (κ3) is 3.64. The van der Waals surface area contributed by atoms with Gasteiger partial charge in [-0.1, -0.05) is 0 Å². The average molecular weight is 241 g/mol. The molecule has 0 saturated heterocycles. The summed E-state index contributed by atoms with van der Waals surface area (Å²) in [6.45, 7) is -1.35. The highest BCUT2D eigenvalue weighted by Gasteiger charge is 2.41. The average Bonchev–Trinajstić information content (AvgIpc) is 2.14. The lowest BCUT2D eigenvalue weighted by Gasteiger charge is -2.34.